The van der Waals surface area contributed by atoms with Gasteiger partial charge >= 0.3 is 136 Å². The molecule has 4 nitrogen and oxygen atoms in total. The van der Waals surface area contributed by atoms with Crippen molar-refractivity contribution >= 4 is 14.7 Å². The number of nitrogens with one attached hydrogen (secondary N) is 1. The van der Waals surface area contributed by atoms with Crippen LogP contribution in [0.25, 0.3) is 11.3 Å². The second-order valence-corrected chi connectivity index (χ2v) is 11.7. The molecule has 1 aliphatic carbocycles. The van der Waals surface area contributed by atoms with E-state index in [0.717, 1.165) is 28.3 Å². The van der Waals surface area contributed by atoms with Gasteiger partial charge in [0.15, 0.2) is 0 Å². The van der Waals surface area contributed by atoms with E-state index in [4.69, 9.17) is 4.74 Å². The molecule has 1 heterocycles. The molecule has 23 heavy (non-hydrogen) atoms. The van der Waals surface area contributed by atoms with Crippen LogP contribution in [0.5, 0.6) is 5.75 Å². The monoisotopic (exact) mass is 374 g/mol. The Morgan fingerprint density at radius 2 is 2.00 bits per heavy atom. The van der Waals surface area contributed by atoms with E-state index in [0.29, 0.717) is 0 Å². The van der Waals surface area contributed by atoms with E-state index >= 15 is 0 Å². The maximum atomic E-state index is 11.0. The molecular weight excluding hydrogens is 351 g/mol. The van der Waals surface area contributed by atoms with Crippen molar-refractivity contribution in [3.8, 4) is 17.0 Å². The fourth-order valence-corrected chi connectivity index (χ4v) is 7.44. The van der Waals surface area contributed by atoms with Crippen molar-refractivity contribution in [2.24, 2.45) is 0 Å². The van der Waals surface area contributed by atoms with Crippen LogP contribution in [0.2, 0.25) is 15.6 Å². The molecule has 0 aliphatic heterocycles. The van der Waals surface area contributed by atoms with E-state index in [1.165, 1.54) is 37.0 Å². The van der Waals surface area contributed by atoms with Gasteiger partial charge in [-0.3, -0.25) is 4.79 Å². The van der Waals surface area contributed by atoms with E-state index in [2.05, 4.69) is 15.9 Å². The minimum atomic E-state index is -0.573. The van der Waals surface area contributed by atoms with Crippen LogP contribution in [0.15, 0.2) is 41.2 Å². The first-order valence-electron chi connectivity index (χ1n) is 8.21. The molecule has 1 saturated carbocycles. The van der Waals surface area contributed by atoms with Gasteiger partial charge in [-0.05, 0) is 0 Å². The summed E-state index contributed by atoms with van der Waals surface area (Å²) < 4.78 is 6.95. The first-order chi connectivity index (χ1) is 11.2. The Labute approximate surface area is 141 Å². The van der Waals surface area contributed by atoms with Crippen LogP contribution in [0.1, 0.15) is 25.7 Å². The summed E-state index contributed by atoms with van der Waals surface area (Å²) in [5.74, 6) is 0.900. The van der Waals surface area contributed by atoms with Gasteiger partial charge in [-0.1, -0.05) is 0 Å². The van der Waals surface area contributed by atoms with E-state index < -0.39 is 14.7 Å². The number of aromatic nitrogens is 2. The average molecular weight is 374 g/mol. The second-order valence-electron chi connectivity index (χ2n) is 6.10. The van der Waals surface area contributed by atoms with Gasteiger partial charge in [-0.25, -0.2) is 0 Å². The predicted octanol–water partition coefficient (Wildman–Crippen LogP) is 3.88. The number of nitrogens with zero attached hydrogens (tertiary/aromatic N) is 1. The Balaban J connectivity index is 1.45. The third-order valence-corrected chi connectivity index (χ3v) is 10.3. The van der Waals surface area contributed by atoms with E-state index in [1.54, 1.807) is 6.07 Å². The number of hydrogen-bond donors (Lipinski definition) is 1. The Kier molecular flexibility index (Phi) is 5.55. The van der Waals surface area contributed by atoms with Gasteiger partial charge in [0.1, 0.15) is 0 Å². The topological polar surface area (TPSA) is 55.0 Å². The molecule has 0 spiro atoms. The molecule has 0 bridgehead atoms. The van der Waals surface area contributed by atoms with Gasteiger partial charge in [0.25, 0.3) is 0 Å². The maximum absolute atomic E-state index is 11.0. The first kappa shape index (κ1) is 16.3. The SMILES string of the molecule is C[As](CCCOc1ccc(-c2ccc(=O)[nH]n2)cc1)C1CCC1. The molecule has 0 saturated heterocycles. The minimum absolute atomic E-state index is 0.187. The van der Waals surface area contributed by atoms with Gasteiger partial charge in [-0.2, -0.15) is 0 Å². The molecule has 1 unspecified atom stereocenters. The number of H-pyrrole nitrogens is 1. The standard InChI is InChI=1S/C18H23AsN2O2/c1-19(15-4-2-5-15)12-3-13-23-16-8-6-14(7-9-16)17-10-11-18(22)21-20-17/h6-11,15H,2-5,12-13H2,1H3,(H,21,22). The normalized spacial score (nSPS) is 15.9. The molecule has 1 atom stereocenters. The van der Waals surface area contributed by atoms with Crippen molar-refractivity contribution in [3.05, 3.63) is 46.8 Å². The van der Waals surface area contributed by atoms with Crippen molar-refractivity contribution < 1.29 is 4.74 Å². The van der Waals surface area contributed by atoms with Crippen LogP contribution in [0.4, 0.5) is 0 Å². The molecule has 1 aromatic heterocycles. The zero-order chi connectivity index (χ0) is 16.1. The molecule has 1 N–H and O–H groups in total. The molecule has 122 valence electrons. The zero-order valence-electron chi connectivity index (χ0n) is 13.5. The van der Waals surface area contributed by atoms with Gasteiger partial charge < -0.3 is 0 Å². The van der Waals surface area contributed by atoms with Crippen LogP contribution >= 0.6 is 0 Å². The Bertz CT molecular complexity index is 660. The fraction of sp³-hybridized carbons (Fsp3) is 0.444. The van der Waals surface area contributed by atoms with E-state index in [9.17, 15) is 4.79 Å². The van der Waals surface area contributed by atoms with Crippen LogP contribution in [-0.2, 0) is 0 Å². The Hall–Kier alpha value is -1.54. The van der Waals surface area contributed by atoms with Crippen molar-refractivity contribution in [1.82, 2.24) is 10.2 Å². The van der Waals surface area contributed by atoms with Crippen LogP contribution in [0, 0.1) is 0 Å². The Morgan fingerprint density at radius 3 is 2.61 bits per heavy atom. The molecule has 0 radical (unpaired) electrons. The number of hydrogen-bond acceptors (Lipinski definition) is 3. The zero-order valence-corrected chi connectivity index (χ0v) is 15.4. The van der Waals surface area contributed by atoms with Crippen molar-refractivity contribution in [1.29, 1.82) is 0 Å². The summed E-state index contributed by atoms with van der Waals surface area (Å²) >= 11 is -0.573. The van der Waals surface area contributed by atoms with E-state index in [1.807, 2.05) is 24.3 Å². The van der Waals surface area contributed by atoms with Gasteiger partial charge in [0, 0.05) is 0 Å². The van der Waals surface area contributed by atoms with Crippen LogP contribution < -0.4 is 10.3 Å². The van der Waals surface area contributed by atoms with Crippen molar-refractivity contribution in [3.63, 3.8) is 0 Å². The molecule has 1 fully saturated rings. The fourth-order valence-electron chi connectivity index (χ4n) is 2.74. The molecule has 1 aliphatic rings. The summed E-state index contributed by atoms with van der Waals surface area (Å²) in [6.07, 6.45) is 5.60. The van der Waals surface area contributed by atoms with E-state index in [-0.39, 0.29) is 5.56 Å². The quantitative estimate of drug-likeness (QED) is 0.591. The molecule has 0 amide bonds. The molecular formula is C18H23AsN2O2. The van der Waals surface area contributed by atoms with Crippen LogP contribution in [-0.4, -0.2) is 31.5 Å². The summed E-state index contributed by atoms with van der Waals surface area (Å²) in [5, 5.41) is 7.88. The first-order valence-corrected chi connectivity index (χ1v) is 12.5. The van der Waals surface area contributed by atoms with Crippen molar-refractivity contribution in [2.45, 2.75) is 41.3 Å². The summed E-state index contributed by atoms with van der Waals surface area (Å²) in [5.41, 5.74) is 4.06. The summed E-state index contributed by atoms with van der Waals surface area (Å²) in [6.45, 7) is 0.808. The second kappa shape index (κ2) is 7.83. The number of ether oxygens (including phenoxy) is 1. The number of rotatable bonds is 7. The average Bonchev–Trinajstić information content (AvgIpc) is 2.51. The van der Waals surface area contributed by atoms with Crippen molar-refractivity contribution in [2.75, 3.05) is 6.61 Å². The number of benzene rings is 1. The third-order valence-electron chi connectivity index (χ3n) is 4.45. The molecule has 5 heteroatoms. The number of aromatic amines is 1. The summed E-state index contributed by atoms with van der Waals surface area (Å²) in [4.78, 5) is 11.0. The van der Waals surface area contributed by atoms with Gasteiger partial charge in [0.05, 0.1) is 0 Å². The van der Waals surface area contributed by atoms with Gasteiger partial charge in [0.2, 0.25) is 0 Å². The molecule has 3 rings (SSSR count). The molecule has 1 aromatic carbocycles. The predicted molar refractivity (Wildman–Crippen MR) is 94.4 cm³/mol. The van der Waals surface area contributed by atoms with Gasteiger partial charge in [-0.15, -0.1) is 0 Å². The summed E-state index contributed by atoms with van der Waals surface area (Å²) in [6, 6.07) is 11.1. The molecule has 2 aromatic rings. The summed E-state index contributed by atoms with van der Waals surface area (Å²) in [7, 11) is 0. The van der Waals surface area contributed by atoms with Crippen LogP contribution in [0.3, 0.4) is 0 Å². The third kappa shape index (κ3) is 4.48. The Morgan fingerprint density at radius 1 is 1.22 bits per heavy atom.